The van der Waals surface area contributed by atoms with Gasteiger partial charge >= 0.3 is 0 Å². The molecule has 1 atom stereocenters. The third kappa shape index (κ3) is 5.83. The van der Waals surface area contributed by atoms with Crippen LogP contribution < -0.4 is 5.32 Å². The van der Waals surface area contributed by atoms with Crippen molar-refractivity contribution in [2.45, 2.75) is 26.0 Å². The molecule has 21 heavy (non-hydrogen) atoms. The van der Waals surface area contributed by atoms with E-state index in [1.54, 1.807) is 0 Å². The van der Waals surface area contributed by atoms with E-state index in [4.69, 9.17) is 16.3 Å². The molecule has 1 aromatic carbocycles. The van der Waals surface area contributed by atoms with Crippen molar-refractivity contribution in [1.29, 1.82) is 0 Å². The number of hydrogen-bond acceptors (Lipinski definition) is 3. The number of nitrogens with one attached hydrogen (secondary N) is 1. The molecule has 0 radical (unpaired) electrons. The number of carbonyl (C=O) groups is 1. The summed E-state index contributed by atoms with van der Waals surface area (Å²) in [5.41, 5.74) is 1.05. The summed E-state index contributed by atoms with van der Waals surface area (Å²) >= 11 is 5.97. The van der Waals surface area contributed by atoms with Gasteiger partial charge in [0, 0.05) is 31.2 Å². The molecule has 1 N–H and O–H groups in total. The van der Waals surface area contributed by atoms with Crippen LogP contribution in [0.25, 0.3) is 0 Å². The molecule has 4 nitrogen and oxygen atoms in total. The molecule has 1 aromatic rings. The van der Waals surface area contributed by atoms with Gasteiger partial charge in [-0.2, -0.15) is 0 Å². The summed E-state index contributed by atoms with van der Waals surface area (Å²) < 4.78 is 5.58. The van der Waals surface area contributed by atoms with E-state index in [0.29, 0.717) is 31.1 Å². The molecule has 1 unspecified atom stereocenters. The van der Waals surface area contributed by atoms with Crippen LogP contribution in [-0.2, 0) is 16.1 Å². The third-order valence-electron chi connectivity index (χ3n) is 3.40. The van der Waals surface area contributed by atoms with Crippen molar-refractivity contribution in [1.82, 2.24) is 10.2 Å². The number of morpholine rings is 1. The molecular weight excluding hydrogens is 311 g/mol. The Hall–Kier alpha value is -0.810. The lowest BCUT2D eigenvalue weighted by Crippen LogP contribution is -2.42. The molecule has 0 saturated carbocycles. The van der Waals surface area contributed by atoms with Crippen molar-refractivity contribution in [3.05, 3.63) is 34.9 Å². The Morgan fingerprint density at radius 2 is 2.33 bits per heavy atom. The maximum absolute atomic E-state index is 12.3. The van der Waals surface area contributed by atoms with Crippen LogP contribution in [0.5, 0.6) is 0 Å². The molecule has 1 fully saturated rings. The Balaban J connectivity index is 0.00000220. The smallest absolute Gasteiger partial charge is 0.225 e. The summed E-state index contributed by atoms with van der Waals surface area (Å²) in [6.45, 7) is 5.56. The van der Waals surface area contributed by atoms with Gasteiger partial charge in [-0.15, -0.1) is 12.4 Å². The minimum atomic E-state index is -0.00957. The number of amides is 1. The van der Waals surface area contributed by atoms with Crippen LogP contribution in [0.3, 0.4) is 0 Å². The van der Waals surface area contributed by atoms with Crippen LogP contribution in [0.4, 0.5) is 0 Å². The molecule has 0 spiro atoms. The Morgan fingerprint density at radius 3 is 2.95 bits per heavy atom. The Labute approximate surface area is 137 Å². The van der Waals surface area contributed by atoms with Gasteiger partial charge in [0.2, 0.25) is 5.91 Å². The Morgan fingerprint density at radius 1 is 1.52 bits per heavy atom. The predicted molar refractivity (Wildman–Crippen MR) is 87.0 cm³/mol. The largest absolute Gasteiger partial charge is 0.375 e. The van der Waals surface area contributed by atoms with Gasteiger partial charge in [-0.3, -0.25) is 4.79 Å². The molecule has 1 amide bonds. The minimum absolute atomic E-state index is 0. The average Bonchev–Trinajstić information content (AvgIpc) is 2.46. The molecule has 6 heteroatoms. The zero-order valence-corrected chi connectivity index (χ0v) is 13.8. The predicted octanol–water partition coefficient (Wildman–Crippen LogP) is 2.49. The fourth-order valence-corrected chi connectivity index (χ4v) is 2.52. The van der Waals surface area contributed by atoms with Gasteiger partial charge in [-0.1, -0.05) is 23.7 Å². The number of nitrogens with zero attached hydrogens (tertiary/aromatic N) is 1. The van der Waals surface area contributed by atoms with Crippen molar-refractivity contribution >= 4 is 29.9 Å². The van der Waals surface area contributed by atoms with Crippen LogP contribution in [0.2, 0.25) is 5.02 Å². The highest BCUT2D eigenvalue weighted by Crippen LogP contribution is 2.14. The maximum Gasteiger partial charge on any atom is 0.225 e. The Bertz CT molecular complexity index is 451. The second-order valence-corrected chi connectivity index (χ2v) is 5.38. The number of benzene rings is 1. The van der Waals surface area contributed by atoms with E-state index in [1.807, 2.05) is 36.1 Å². The zero-order valence-electron chi connectivity index (χ0n) is 12.2. The lowest BCUT2D eigenvalue weighted by Gasteiger charge is -2.27. The normalized spacial score (nSPS) is 17.9. The molecule has 2 rings (SSSR count). The second-order valence-electron chi connectivity index (χ2n) is 4.94. The summed E-state index contributed by atoms with van der Waals surface area (Å²) in [5, 5.41) is 3.94. The van der Waals surface area contributed by atoms with Gasteiger partial charge in [-0.05, 0) is 24.6 Å². The van der Waals surface area contributed by atoms with Crippen LogP contribution in [0.15, 0.2) is 24.3 Å². The number of hydrogen-bond donors (Lipinski definition) is 1. The first-order valence-corrected chi connectivity index (χ1v) is 7.41. The molecule has 1 saturated heterocycles. The van der Waals surface area contributed by atoms with Gasteiger partial charge < -0.3 is 15.0 Å². The maximum atomic E-state index is 12.3. The monoisotopic (exact) mass is 332 g/mol. The van der Waals surface area contributed by atoms with Crippen molar-refractivity contribution in [3.8, 4) is 0 Å². The summed E-state index contributed by atoms with van der Waals surface area (Å²) in [6, 6.07) is 7.63. The van der Waals surface area contributed by atoms with E-state index < -0.39 is 0 Å². The van der Waals surface area contributed by atoms with E-state index in [-0.39, 0.29) is 24.4 Å². The molecular formula is C15H22Cl2N2O2. The van der Waals surface area contributed by atoms with E-state index >= 15 is 0 Å². The van der Waals surface area contributed by atoms with Crippen LogP contribution >= 0.6 is 24.0 Å². The number of carbonyl (C=O) groups excluding carboxylic acids is 1. The molecule has 1 heterocycles. The second kappa shape index (κ2) is 9.26. The van der Waals surface area contributed by atoms with E-state index in [1.165, 1.54) is 0 Å². The standard InChI is InChI=1S/C15H21ClN2O2.ClH/c1-2-18(11-12-4-3-5-13(16)8-12)15(19)9-14-10-17-6-7-20-14;/h3-5,8,14,17H,2,6-7,9-11H2,1H3;1H. The highest BCUT2D eigenvalue weighted by molar-refractivity contribution is 6.30. The van der Waals surface area contributed by atoms with Crippen molar-refractivity contribution < 1.29 is 9.53 Å². The molecule has 0 aliphatic carbocycles. The van der Waals surface area contributed by atoms with Crippen molar-refractivity contribution in [2.75, 3.05) is 26.2 Å². The van der Waals surface area contributed by atoms with E-state index in [9.17, 15) is 4.79 Å². The first-order chi connectivity index (χ1) is 9.69. The lowest BCUT2D eigenvalue weighted by atomic mass is 10.1. The molecule has 0 aromatic heterocycles. The van der Waals surface area contributed by atoms with Crippen molar-refractivity contribution in [3.63, 3.8) is 0 Å². The van der Waals surface area contributed by atoms with Gasteiger partial charge in [0.1, 0.15) is 0 Å². The number of ether oxygens (including phenoxy) is 1. The van der Waals surface area contributed by atoms with Gasteiger partial charge in [0.05, 0.1) is 19.1 Å². The summed E-state index contributed by atoms with van der Waals surface area (Å²) in [5.74, 6) is 0.126. The molecule has 0 bridgehead atoms. The summed E-state index contributed by atoms with van der Waals surface area (Å²) in [7, 11) is 0. The average molecular weight is 333 g/mol. The minimum Gasteiger partial charge on any atom is -0.375 e. The first-order valence-electron chi connectivity index (χ1n) is 7.03. The van der Waals surface area contributed by atoms with Gasteiger partial charge in [0.15, 0.2) is 0 Å². The van der Waals surface area contributed by atoms with Crippen molar-refractivity contribution in [2.24, 2.45) is 0 Å². The number of halogens is 2. The summed E-state index contributed by atoms with van der Waals surface area (Å²) in [6.07, 6.45) is 0.422. The van der Waals surface area contributed by atoms with E-state index in [2.05, 4.69) is 5.32 Å². The fraction of sp³-hybridized carbons (Fsp3) is 0.533. The highest BCUT2D eigenvalue weighted by Gasteiger charge is 2.20. The Kier molecular flexibility index (Phi) is 8.04. The lowest BCUT2D eigenvalue weighted by molar-refractivity contribution is -0.135. The summed E-state index contributed by atoms with van der Waals surface area (Å²) in [4.78, 5) is 14.2. The fourth-order valence-electron chi connectivity index (χ4n) is 2.31. The highest BCUT2D eigenvalue weighted by atomic mass is 35.5. The zero-order chi connectivity index (χ0) is 14.4. The molecule has 118 valence electrons. The molecule has 1 aliphatic heterocycles. The molecule has 1 aliphatic rings. The SMILES string of the molecule is CCN(Cc1cccc(Cl)c1)C(=O)CC1CNCCO1.Cl. The van der Waals surface area contributed by atoms with Crippen LogP contribution in [0, 0.1) is 0 Å². The van der Waals surface area contributed by atoms with Gasteiger partial charge in [-0.25, -0.2) is 0 Å². The number of rotatable bonds is 5. The quantitative estimate of drug-likeness (QED) is 0.900. The first kappa shape index (κ1) is 18.2. The van der Waals surface area contributed by atoms with E-state index in [0.717, 1.165) is 18.7 Å². The third-order valence-corrected chi connectivity index (χ3v) is 3.64. The van der Waals surface area contributed by atoms with Crippen LogP contribution in [-0.4, -0.2) is 43.2 Å². The topological polar surface area (TPSA) is 41.6 Å². The van der Waals surface area contributed by atoms with Gasteiger partial charge in [0.25, 0.3) is 0 Å². The van der Waals surface area contributed by atoms with Crippen LogP contribution in [0.1, 0.15) is 18.9 Å².